The Labute approximate surface area is 169 Å². The minimum Gasteiger partial charge on any atom is -0.326 e. The van der Waals surface area contributed by atoms with Gasteiger partial charge < -0.3 is 14.4 Å². The van der Waals surface area contributed by atoms with Crippen molar-refractivity contribution < 1.29 is 40.4 Å². The van der Waals surface area contributed by atoms with Crippen molar-refractivity contribution in [2.75, 3.05) is 18.5 Å². The average molecular weight is 451 g/mol. The summed E-state index contributed by atoms with van der Waals surface area (Å²) < 4.78 is 89.8. The van der Waals surface area contributed by atoms with E-state index in [2.05, 4.69) is 5.32 Å². The predicted octanol–water partition coefficient (Wildman–Crippen LogP) is 5.33. The Morgan fingerprint density at radius 2 is 1.33 bits per heavy atom. The second kappa shape index (κ2) is 10.1. The number of benzene rings is 2. The van der Waals surface area contributed by atoms with Crippen LogP contribution in [0.4, 0.5) is 27.6 Å². The van der Waals surface area contributed by atoms with Crippen LogP contribution < -0.4 is 5.32 Å². The molecule has 2 aromatic rings. The van der Waals surface area contributed by atoms with Gasteiger partial charge in [-0.2, -0.15) is 0 Å². The maximum Gasteiger partial charge on any atom is 0.335 e. The zero-order valence-electron chi connectivity index (χ0n) is 16.1. The van der Waals surface area contributed by atoms with Gasteiger partial charge in [-0.15, -0.1) is 0 Å². The number of hydrogen-bond acceptors (Lipinski definition) is 4. The van der Waals surface area contributed by atoms with Crippen LogP contribution in [0.2, 0.25) is 0 Å². The summed E-state index contributed by atoms with van der Waals surface area (Å²) in [5.74, 6) is -11.6. The maximum atomic E-state index is 13.7. The first-order valence-corrected chi connectivity index (χ1v) is 10.6. The van der Waals surface area contributed by atoms with Crippen LogP contribution in [-0.2, 0) is 31.0 Å². The highest BCUT2D eigenvalue weighted by atomic mass is 31.2. The number of nitrogens with one attached hydrogen (secondary N) is 1. The number of hydrogen-bond donors (Lipinski definition) is 1. The first-order valence-electron chi connectivity index (χ1n) is 8.89. The molecule has 0 unspecified atom stereocenters. The molecule has 0 saturated carbocycles. The van der Waals surface area contributed by atoms with Gasteiger partial charge in [-0.3, -0.25) is 9.36 Å². The minimum absolute atomic E-state index is 0.00649. The molecule has 1 amide bonds. The lowest BCUT2D eigenvalue weighted by molar-refractivity contribution is -0.115. The van der Waals surface area contributed by atoms with Crippen LogP contribution in [-0.4, -0.2) is 19.1 Å². The minimum atomic E-state index is -3.33. The molecule has 0 heterocycles. The molecule has 11 heteroatoms. The lowest BCUT2D eigenvalue weighted by atomic mass is 10.1. The number of anilines is 1. The second-order valence-corrected chi connectivity index (χ2v) is 8.13. The Balaban J connectivity index is 2.10. The quantitative estimate of drug-likeness (QED) is 0.242. The summed E-state index contributed by atoms with van der Waals surface area (Å²) in [5.41, 5.74) is -0.442. The highest BCUT2D eigenvalue weighted by Crippen LogP contribution is 2.51. The fourth-order valence-corrected chi connectivity index (χ4v) is 4.31. The number of carbonyl (C=O) groups excluding carboxylic acids is 1. The van der Waals surface area contributed by atoms with Crippen LogP contribution >= 0.6 is 7.60 Å². The van der Waals surface area contributed by atoms with Gasteiger partial charge >= 0.3 is 7.60 Å². The van der Waals surface area contributed by atoms with E-state index in [0.29, 0.717) is 5.56 Å². The third-order valence-corrected chi connectivity index (χ3v) is 5.96. The first-order chi connectivity index (χ1) is 14.1. The van der Waals surface area contributed by atoms with Crippen molar-refractivity contribution in [3.05, 3.63) is 64.5 Å². The molecule has 0 spiro atoms. The summed E-state index contributed by atoms with van der Waals surface area (Å²) in [5, 5.41) is 2.30. The van der Waals surface area contributed by atoms with Crippen LogP contribution in [0.15, 0.2) is 24.3 Å². The molecule has 0 atom stereocenters. The summed E-state index contributed by atoms with van der Waals surface area (Å²) in [7, 11) is -3.33. The van der Waals surface area contributed by atoms with Crippen molar-refractivity contribution >= 4 is 19.2 Å². The van der Waals surface area contributed by atoms with Crippen molar-refractivity contribution in [2.45, 2.75) is 26.4 Å². The molecule has 5 nitrogen and oxygen atoms in total. The van der Waals surface area contributed by atoms with Crippen molar-refractivity contribution in [3.63, 3.8) is 0 Å². The Kier molecular flexibility index (Phi) is 8.11. The molecule has 0 bridgehead atoms. The van der Waals surface area contributed by atoms with Crippen LogP contribution in [0.25, 0.3) is 0 Å². The number of amides is 1. The van der Waals surface area contributed by atoms with E-state index >= 15 is 0 Å². The molecular formula is C19H19F5NO4P. The molecule has 0 aliphatic heterocycles. The Morgan fingerprint density at radius 3 is 1.80 bits per heavy atom. The SMILES string of the molecule is CCOP(=O)(Cc1ccc(NC(=O)Cc2c(F)c(F)c(F)c(F)c2F)cc1)OCC. The Morgan fingerprint density at radius 1 is 0.867 bits per heavy atom. The molecule has 0 aliphatic carbocycles. The van der Waals surface area contributed by atoms with E-state index in [4.69, 9.17) is 9.05 Å². The zero-order valence-corrected chi connectivity index (χ0v) is 17.0. The molecule has 0 fully saturated rings. The molecule has 164 valence electrons. The average Bonchev–Trinajstić information content (AvgIpc) is 2.70. The zero-order chi connectivity index (χ0) is 22.5. The van der Waals surface area contributed by atoms with Crippen LogP contribution in [0.3, 0.4) is 0 Å². The van der Waals surface area contributed by atoms with Crippen molar-refractivity contribution in [1.82, 2.24) is 0 Å². The van der Waals surface area contributed by atoms with Gasteiger partial charge in [-0.05, 0) is 31.5 Å². The van der Waals surface area contributed by atoms with Gasteiger partial charge in [-0.1, -0.05) is 12.1 Å². The van der Waals surface area contributed by atoms with E-state index in [9.17, 15) is 31.3 Å². The lowest BCUT2D eigenvalue weighted by Crippen LogP contribution is -2.18. The normalized spacial score (nSPS) is 11.6. The molecule has 0 radical (unpaired) electrons. The summed E-state index contributed by atoms with van der Waals surface area (Å²) in [4.78, 5) is 12.0. The standard InChI is InChI=1S/C19H19F5NO4P/c1-3-28-30(27,29-4-2)10-11-5-7-12(8-6-11)25-14(26)9-13-15(20)17(22)19(24)18(23)16(13)21/h5-8H,3-4,9-10H2,1-2H3,(H,25,26). The molecule has 2 aromatic carbocycles. The van der Waals surface area contributed by atoms with Crippen molar-refractivity contribution in [3.8, 4) is 0 Å². The monoisotopic (exact) mass is 451 g/mol. The molecule has 2 rings (SSSR count). The smallest absolute Gasteiger partial charge is 0.326 e. The molecule has 1 N–H and O–H groups in total. The topological polar surface area (TPSA) is 64.6 Å². The van der Waals surface area contributed by atoms with Gasteiger partial charge in [0, 0.05) is 11.3 Å². The Bertz CT molecular complexity index is 929. The fourth-order valence-electron chi connectivity index (χ4n) is 2.61. The van der Waals surface area contributed by atoms with Gasteiger partial charge in [0.1, 0.15) is 0 Å². The lowest BCUT2D eigenvalue weighted by Gasteiger charge is -2.17. The third kappa shape index (κ3) is 5.65. The summed E-state index contributed by atoms with van der Waals surface area (Å²) in [6.45, 7) is 3.75. The Hall–Kier alpha value is -2.29. The number of rotatable bonds is 9. The molecule has 30 heavy (non-hydrogen) atoms. The van der Waals surface area contributed by atoms with Gasteiger partial charge in [0.15, 0.2) is 23.3 Å². The fraction of sp³-hybridized carbons (Fsp3) is 0.316. The van der Waals surface area contributed by atoms with Crippen LogP contribution in [0.1, 0.15) is 25.0 Å². The summed E-state index contributed by atoms with van der Waals surface area (Å²) >= 11 is 0. The van der Waals surface area contributed by atoms with E-state index in [1.54, 1.807) is 13.8 Å². The molecule has 0 aromatic heterocycles. The van der Waals surface area contributed by atoms with Gasteiger partial charge in [0.2, 0.25) is 11.7 Å². The second-order valence-electron chi connectivity index (χ2n) is 6.07. The van der Waals surface area contributed by atoms with E-state index in [1.807, 2.05) is 0 Å². The van der Waals surface area contributed by atoms with E-state index in [1.165, 1.54) is 24.3 Å². The molecule has 0 aliphatic rings. The highest BCUT2D eigenvalue weighted by molar-refractivity contribution is 7.53. The number of halogens is 5. The third-order valence-electron chi connectivity index (χ3n) is 3.90. The number of carbonyl (C=O) groups is 1. The first kappa shape index (κ1) is 24.0. The van der Waals surface area contributed by atoms with Crippen LogP contribution in [0, 0.1) is 29.1 Å². The van der Waals surface area contributed by atoms with E-state index < -0.39 is 54.6 Å². The van der Waals surface area contributed by atoms with Crippen molar-refractivity contribution in [2.24, 2.45) is 0 Å². The summed E-state index contributed by atoms with van der Waals surface area (Å²) in [6, 6.07) is 5.90. The molecule has 0 saturated heterocycles. The van der Waals surface area contributed by atoms with Gasteiger partial charge in [-0.25, -0.2) is 22.0 Å². The van der Waals surface area contributed by atoms with Gasteiger partial charge in [0.25, 0.3) is 0 Å². The van der Waals surface area contributed by atoms with Gasteiger partial charge in [0.05, 0.1) is 25.8 Å². The van der Waals surface area contributed by atoms with Crippen LogP contribution in [0.5, 0.6) is 0 Å². The van der Waals surface area contributed by atoms with E-state index in [0.717, 1.165) is 0 Å². The van der Waals surface area contributed by atoms with E-state index in [-0.39, 0.29) is 25.1 Å². The highest BCUT2D eigenvalue weighted by Gasteiger charge is 2.27. The largest absolute Gasteiger partial charge is 0.335 e. The summed E-state index contributed by atoms with van der Waals surface area (Å²) in [6.07, 6.45) is -1.06. The molecular weight excluding hydrogens is 432 g/mol. The maximum absolute atomic E-state index is 13.7. The predicted molar refractivity (Wildman–Crippen MR) is 99.6 cm³/mol. The van der Waals surface area contributed by atoms with Crippen molar-refractivity contribution in [1.29, 1.82) is 0 Å².